The molecule has 0 spiro atoms. The van der Waals surface area contributed by atoms with Crippen molar-refractivity contribution >= 4 is 11.3 Å². The van der Waals surface area contributed by atoms with Crippen molar-refractivity contribution < 1.29 is 0 Å². The Hall–Kier alpha value is -1.12. The van der Waals surface area contributed by atoms with Crippen LogP contribution < -0.4 is 5.32 Å². The summed E-state index contributed by atoms with van der Waals surface area (Å²) in [6, 6.07) is 13.5. The highest BCUT2D eigenvalue weighted by Gasteiger charge is 2.19. The lowest BCUT2D eigenvalue weighted by Gasteiger charge is -2.24. The molecule has 1 nitrogen and oxygen atoms in total. The lowest BCUT2D eigenvalue weighted by molar-refractivity contribution is 0.505. The molecule has 0 radical (unpaired) electrons. The van der Waals surface area contributed by atoms with E-state index in [0.29, 0.717) is 6.04 Å². The second kappa shape index (κ2) is 3.80. The zero-order valence-corrected chi connectivity index (χ0v) is 9.26. The van der Waals surface area contributed by atoms with Gasteiger partial charge in [-0.3, -0.25) is 0 Å². The first-order chi connectivity index (χ1) is 7.43. The van der Waals surface area contributed by atoms with Crippen molar-refractivity contribution in [2.45, 2.75) is 19.0 Å². The van der Waals surface area contributed by atoms with Crippen LogP contribution in [0.2, 0.25) is 0 Å². The van der Waals surface area contributed by atoms with Crippen molar-refractivity contribution in [2.24, 2.45) is 0 Å². The Morgan fingerprint density at radius 2 is 2.00 bits per heavy atom. The van der Waals surface area contributed by atoms with Crippen LogP contribution in [-0.2, 0) is 13.0 Å². The molecule has 0 amide bonds. The molecular weight excluding hydrogens is 202 g/mol. The van der Waals surface area contributed by atoms with Crippen molar-refractivity contribution in [1.82, 2.24) is 5.32 Å². The monoisotopic (exact) mass is 215 g/mol. The van der Waals surface area contributed by atoms with Gasteiger partial charge in [0.15, 0.2) is 0 Å². The molecule has 1 aliphatic heterocycles. The Morgan fingerprint density at radius 3 is 2.87 bits per heavy atom. The Kier molecular flexibility index (Phi) is 2.31. The SMILES string of the molecule is c1ccc(C2Cc3ccsc3CN2)cc1. The van der Waals surface area contributed by atoms with Gasteiger partial charge in [0.25, 0.3) is 0 Å². The molecular formula is C13H13NS. The number of nitrogens with one attached hydrogen (secondary N) is 1. The van der Waals surface area contributed by atoms with Crippen molar-refractivity contribution in [3.63, 3.8) is 0 Å². The number of rotatable bonds is 1. The summed E-state index contributed by atoms with van der Waals surface area (Å²) in [4.78, 5) is 1.50. The van der Waals surface area contributed by atoms with Crippen LogP contribution in [0.1, 0.15) is 22.0 Å². The first-order valence-corrected chi connectivity index (χ1v) is 6.15. The van der Waals surface area contributed by atoms with Gasteiger partial charge in [-0.25, -0.2) is 0 Å². The molecule has 0 saturated carbocycles. The van der Waals surface area contributed by atoms with Gasteiger partial charge in [-0.15, -0.1) is 11.3 Å². The quantitative estimate of drug-likeness (QED) is 0.770. The minimum absolute atomic E-state index is 0.494. The molecule has 15 heavy (non-hydrogen) atoms. The van der Waals surface area contributed by atoms with Gasteiger partial charge in [0.1, 0.15) is 0 Å². The Labute approximate surface area is 93.8 Å². The number of benzene rings is 1. The Morgan fingerprint density at radius 1 is 1.13 bits per heavy atom. The fourth-order valence-corrected chi connectivity index (χ4v) is 3.00. The first kappa shape index (κ1) is 9.13. The standard InChI is InChI=1S/C13H13NS/c1-2-4-10(5-3-1)12-8-11-6-7-15-13(11)9-14-12/h1-7,12,14H,8-9H2. The minimum atomic E-state index is 0.494. The number of hydrogen-bond donors (Lipinski definition) is 1. The van der Waals surface area contributed by atoms with Crippen LogP contribution in [0.3, 0.4) is 0 Å². The summed E-state index contributed by atoms with van der Waals surface area (Å²) in [6.07, 6.45) is 1.13. The van der Waals surface area contributed by atoms with Crippen LogP contribution in [0, 0.1) is 0 Å². The summed E-state index contributed by atoms with van der Waals surface area (Å²) < 4.78 is 0. The van der Waals surface area contributed by atoms with Crippen molar-refractivity contribution in [3.8, 4) is 0 Å². The third-order valence-corrected chi connectivity index (χ3v) is 3.94. The van der Waals surface area contributed by atoms with Gasteiger partial charge in [-0.05, 0) is 29.0 Å². The summed E-state index contributed by atoms with van der Waals surface area (Å²) in [6.45, 7) is 1.02. The van der Waals surface area contributed by atoms with E-state index in [1.807, 2.05) is 11.3 Å². The smallest absolute Gasteiger partial charge is 0.0364 e. The number of hydrogen-bond acceptors (Lipinski definition) is 2. The molecule has 1 aliphatic rings. The molecule has 0 aliphatic carbocycles. The van der Waals surface area contributed by atoms with Crippen molar-refractivity contribution in [2.75, 3.05) is 0 Å². The second-order valence-corrected chi connectivity index (χ2v) is 4.92. The fourth-order valence-electron chi connectivity index (χ4n) is 2.13. The first-order valence-electron chi connectivity index (χ1n) is 5.27. The lowest BCUT2D eigenvalue weighted by Crippen LogP contribution is -2.27. The average molecular weight is 215 g/mol. The summed E-state index contributed by atoms with van der Waals surface area (Å²) in [5, 5.41) is 5.78. The molecule has 76 valence electrons. The maximum Gasteiger partial charge on any atom is 0.0364 e. The predicted molar refractivity (Wildman–Crippen MR) is 64.0 cm³/mol. The molecule has 1 atom stereocenters. The topological polar surface area (TPSA) is 12.0 Å². The van der Waals surface area contributed by atoms with Crippen molar-refractivity contribution in [1.29, 1.82) is 0 Å². The molecule has 1 N–H and O–H groups in total. The van der Waals surface area contributed by atoms with Gasteiger partial charge in [0.05, 0.1) is 0 Å². The van der Waals surface area contributed by atoms with Gasteiger partial charge >= 0.3 is 0 Å². The van der Waals surface area contributed by atoms with E-state index in [-0.39, 0.29) is 0 Å². The largest absolute Gasteiger partial charge is 0.305 e. The van der Waals surface area contributed by atoms with Gasteiger partial charge in [-0.2, -0.15) is 0 Å². The average Bonchev–Trinajstić information content (AvgIpc) is 2.77. The molecule has 0 bridgehead atoms. The number of thiophene rings is 1. The van der Waals surface area contributed by atoms with Gasteiger partial charge in [0, 0.05) is 17.5 Å². The summed E-state index contributed by atoms with van der Waals surface area (Å²) in [5.74, 6) is 0. The Balaban J connectivity index is 1.88. The Bertz CT molecular complexity index is 447. The zero-order valence-electron chi connectivity index (χ0n) is 8.44. The van der Waals surface area contributed by atoms with Crippen LogP contribution in [0.4, 0.5) is 0 Å². The molecule has 0 saturated heterocycles. The van der Waals surface area contributed by atoms with E-state index in [4.69, 9.17) is 0 Å². The molecule has 1 aromatic carbocycles. The zero-order chi connectivity index (χ0) is 10.1. The maximum absolute atomic E-state index is 3.59. The predicted octanol–water partition coefficient (Wildman–Crippen LogP) is 3.14. The fraction of sp³-hybridized carbons (Fsp3) is 0.231. The molecule has 2 heterocycles. The summed E-state index contributed by atoms with van der Waals surface area (Å²) in [5.41, 5.74) is 2.92. The minimum Gasteiger partial charge on any atom is -0.305 e. The molecule has 2 heteroatoms. The summed E-state index contributed by atoms with van der Waals surface area (Å²) in [7, 11) is 0. The number of fused-ring (bicyclic) bond motifs is 1. The van der Waals surface area contributed by atoms with Crippen LogP contribution >= 0.6 is 11.3 Å². The van der Waals surface area contributed by atoms with E-state index in [1.165, 1.54) is 16.0 Å². The summed E-state index contributed by atoms with van der Waals surface area (Å²) >= 11 is 1.86. The molecule has 0 fully saturated rings. The molecule has 1 aromatic heterocycles. The highest BCUT2D eigenvalue weighted by Crippen LogP contribution is 2.28. The van der Waals surface area contributed by atoms with E-state index >= 15 is 0 Å². The van der Waals surface area contributed by atoms with Gasteiger partial charge in [-0.1, -0.05) is 30.3 Å². The van der Waals surface area contributed by atoms with Crippen LogP contribution in [0.25, 0.3) is 0 Å². The molecule has 1 unspecified atom stereocenters. The van der Waals surface area contributed by atoms with Crippen LogP contribution in [-0.4, -0.2) is 0 Å². The van der Waals surface area contributed by atoms with E-state index in [2.05, 4.69) is 47.1 Å². The van der Waals surface area contributed by atoms with Crippen LogP contribution in [0.5, 0.6) is 0 Å². The van der Waals surface area contributed by atoms with Gasteiger partial charge < -0.3 is 5.32 Å². The second-order valence-electron chi connectivity index (χ2n) is 3.92. The third kappa shape index (κ3) is 1.71. The van der Waals surface area contributed by atoms with E-state index in [9.17, 15) is 0 Å². The van der Waals surface area contributed by atoms with Gasteiger partial charge in [0.2, 0.25) is 0 Å². The van der Waals surface area contributed by atoms with E-state index in [1.54, 1.807) is 0 Å². The normalized spacial score (nSPS) is 19.9. The highest BCUT2D eigenvalue weighted by molar-refractivity contribution is 7.10. The maximum atomic E-state index is 3.59. The van der Waals surface area contributed by atoms with E-state index in [0.717, 1.165) is 13.0 Å². The molecule has 2 aromatic rings. The van der Waals surface area contributed by atoms with Crippen LogP contribution in [0.15, 0.2) is 41.8 Å². The van der Waals surface area contributed by atoms with E-state index < -0.39 is 0 Å². The van der Waals surface area contributed by atoms with Crippen molar-refractivity contribution in [3.05, 3.63) is 57.8 Å². The highest BCUT2D eigenvalue weighted by atomic mass is 32.1. The lowest BCUT2D eigenvalue weighted by atomic mass is 9.96. The molecule has 3 rings (SSSR count). The third-order valence-electron chi connectivity index (χ3n) is 2.97.